The molecule has 0 radical (unpaired) electrons. The monoisotopic (exact) mass is 315 g/mol. The Morgan fingerprint density at radius 3 is 2.05 bits per heavy atom. The first-order chi connectivity index (χ1) is 10.6. The van der Waals surface area contributed by atoms with Gasteiger partial charge >= 0.3 is 5.24 Å². The largest absolute Gasteiger partial charge is 0.339 e. The molecule has 0 unspecified atom stereocenters. The van der Waals surface area contributed by atoms with Crippen LogP contribution in [0, 0.1) is 0 Å². The number of hydrogen-bond acceptors (Lipinski definition) is 3. The van der Waals surface area contributed by atoms with E-state index in [1.54, 1.807) is 0 Å². The van der Waals surface area contributed by atoms with E-state index in [2.05, 4.69) is 0 Å². The van der Waals surface area contributed by atoms with Gasteiger partial charge in [-0.1, -0.05) is 60.7 Å². The molecule has 1 aliphatic heterocycles. The number of hydrogen-bond donors (Lipinski definition) is 0. The van der Waals surface area contributed by atoms with Crippen molar-refractivity contribution in [1.29, 1.82) is 0 Å². The van der Waals surface area contributed by atoms with E-state index < -0.39 is 15.1 Å². The van der Waals surface area contributed by atoms with Crippen LogP contribution in [0.3, 0.4) is 0 Å². The number of rotatable bonds is 4. The highest BCUT2D eigenvalue weighted by Gasteiger charge is 2.43. The fraction of sp³-hybridized carbons (Fsp3) is 0.235. The van der Waals surface area contributed by atoms with Gasteiger partial charge in [-0.2, -0.15) is 0 Å². The summed E-state index contributed by atoms with van der Waals surface area (Å²) in [5.74, 6) is -0.104. The van der Waals surface area contributed by atoms with Crippen molar-refractivity contribution in [3.63, 3.8) is 0 Å². The molecule has 1 amide bonds. The second-order valence-corrected chi connectivity index (χ2v) is 7.42. The highest BCUT2D eigenvalue weighted by atomic mass is 32.2. The first kappa shape index (κ1) is 14.8. The van der Waals surface area contributed by atoms with Crippen molar-refractivity contribution in [2.24, 2.45) is 0 Å². The third-order valence-electron chi connectivity index (χ3n) is 3.86. The summed E-state index contributed by atoms with van der Waals surface area (Å²) < 4.78 is 23.9. The van der Waals surface area contributed by atoms with Crippen LogP contribution < -0.4 is 0 Å². The number of carbonyl (C=O) groups excluding carboxylic acids is 1. The zero-order chi connectivity index (χ0) is 15.6. The molecule has 114 valence electrons. The Morgan fingerprint density at radius 1 is 0.909 bits per heavy atom. The van der Waals surface area contributed by atoms with Crippen LogP contribution in [0.2, 0.25) is 0 Å². The van der Waals surface area contributed by atoms with E-state index in [-0.39, 0.29) is 11.8 Å². The minimum Gasteiger partial charge on any atom is -0.321 e. The van der Waals surface area contributed by atoms with Gasteiger partial charge in [-0.05, 0) is 17.5 Å². The zero-order valence-corrected chi connectivity index (χ0v) is 12.9. The molecular weight excluding hydrogens is 298 g/mol. The van der Waals surface area contributed by atoms with E-state index in [1.165, 1.54) is 4.90 Å². The Bertz CT molecular complexity index is 757. The molecule has 1 aliphatic rings. The standard InChI is InChI=1S/C17H17NO3S/c19-17-18(12-15-9-5-2-6-10-15)16(13-22(17,20)21)11-14-7-3-1-4-8-14/h1-10,16H,11-13H2/t16-/m0/s1. The highest BCUT2D eigenvalue weighted by Crippen LogP contribution is 2.24. The van der Waals surface area contributed by atoms with Crippen molar-refractivity contribution in [3.05, 3.63) is 71.8 Å². The van der Waals surface area contributed by atoms with Crippen LogP contribution in [-0.2, 0) is 22.8 Å². The third kappa shape index (κ3) is 3.04. The van der Waals surface area contributed by atoms with Gasteiger partial charge in [0.25, 0.3) is 0 Å². The van der Waals surface area contributed by atoms with Gasteiger partial charge in [0.2, 0.25) is 9.84 Å². The first-order valence-corrected chi connectivity index (χ1v) is 8.83. The minimum atomic E-state index is -3.68. The molecular formula is C17H17NO3S. The Kier molecular flexibility index (Phi) is 3.98. The summed E-state index contributed by atoms with van der Waals surface area (Å²) in [7, 11) is -3.68. The normalized spacial score (nSPS) is 20.3. The number of nitrogens with zero attached hydrogens (tertiary/aromatic N) is 1. The number of amides is 1. The number of carbonyl (C=O) groups is 1. The van der Waals surface area contributed by atoms with Gasteiger partial charge in [0.15, 0.2) is 0 Å². The fourth-order valence-electron chi connectivity index (χ4n) is 2.77. The van der Waals surface area contributed by atoms with E-state index in [4.69, 9.17) is 0 Å². The molecule has 5 heteroatoms. The van der Waals surface area contributed by atoms with Crippen molar-refractivity contribution < 1.29 is 13.2 Å². The molecule has 1 atom stereocenters. The average Bonchev–Trinajstić information content (AvgIpc) is 2.72. The summed E-state index contributed by atoms with van der Waals surface area (Å²) in [6.45, 7) is 0.330. The summed E-state index contributed by atoms with van der Waals surface area (Å²) >= 11 is 0. The van der Waals surface area contributed by atoms with Gasteiger partial charge < -0.3 is 4.90 Å². The lowest BCUT2D eigenvalue weighted by Gasteiger charge is -2.23. The average molecular weight is 315 g/mol. The second-order valence-electron chi connectivity index (χ2n) is 5.50. The van der Waals surface area contributed by atoms with E-state index in [1.807, 2.05) is 60.7 Å². The molecule has 0 aliphatic carbocycles. The SMILES string of the molecule is O=C1N(Cc2ccccc2)[C@@H](Cc2ccccc2)CS1(=O)=O. The van der Waals surface area contributed by atoms with Crippen LogP contribution in [0.15, 0.2) is 60.7 Å². The van der Waals surface area contributed by atoms with Gasteiger partial charge in [0.1, 0.15) is 0 Å². The van der Waals surface area contributed by atoms with E-state index in [0.29, 0.717) is 13.0 Å². The lowest BCUT2D eigenvalue weighted by Crippen LogP contribution is -2.34. The molecule has 4 nitrogen and oxygen atoms in total. The van der Waals surface area contributed by atoms with Crippen molar-refractivity contribution in [2.45, 2.75) is 19.0 Å². The molecule has 1 fully saturated rings. The summed E-state index contributed by atoms with van der Waals surface area (Å²) in [5, 5.41) is -0.753. The Balaban J connectivity index is 1.85. The van der Waals surface area contributed by atoms with Crippen LogP contribution in [0.5, 0.6) is 0 Å². The van der Waals surface area contributed by atoms with Crippen molar-refractivity contribution in [1.82, 2.24) is 4.90 Å². The highest BCUT2D eigenvalue weighted by molar-refractivity contribution is 8.06. The molecule has 2 aromatic carbocycles. The van der Waals surface area contributed by atoms with E-state index in [0.717, 1.165) is 11.1 Å². The van der Waals surface area contributed by atoms with Gasteiger partial charge in [0.05, 0.1) is 11.8 Å². The van der Waals surface area contributed by atoms with Crippen LogP contribution in [-0.4, -0.2) is 30.4 Å². The van der Waals surface area contributed by atoms with E-state index >= 15 is 0 Å². The Morgan fingerprint density at radius 2 is 1.45 bits per heavy atom. The smallest absolute Gasteiger partial charge is 0.321 e. The Labute approximate surface area is 130 Å². The van der Waals surface area contributed by atoms with E-state index in [9.17, 15) is 13.2 Å². The predicted octanol–water partition coefficient (Wildman–Crippen LogP) is 2.65. The lowest BCUT2D eigenvalue weighted by atomic mass is 10.1. The molecule has 2 aromatic rings. The molecule has 1 heterocycles. The van der Waals surface area contributed by atoms with Gasteiger partial charge in [-0.3, -0.25) is 4.79 Å². The molecule has 0 spiro atoms. The molecule has 0 aromatic heterocycles. The Hall–Kier alpha value is -2.14. The second kappa shape index (κ2) is 5.93. The summed E-state index contributed by atoms with van der Waals surface area (Å²) in [4.78, 5) is 13.7. The number of sulfone groups is 1. The van der Waals surface area contributed by atoms with Crippen LogP contribution in [0.25, 0.3) is 0 Å². The maximum Gasteiger partial charge on any atom is 0.339 e. The predicted molar refractivity (Wildman–Crippen MR) is 85.1 cm³/mol. The molecule has 1 saturated heterocycles. The van der Waals surface area contributed by atoms with Gasteiger partial charge in [0, 0.05) is 6.54 Å². The first-order valence-electron chi connectivity index (χ1n) is 7.17. The van der Waals surface area contributed by atoms with Crippen molar-refractivity contribution in [3.8, 4) is 0 Å². The zero-order valence-electron chi connectivity index (χ0n) is 12.1. The van der Waals surface area contributed by atoms with Crippen molar-refractivity contribution >= 4 is 15.1 Å². The quantitative estimate of drug-likeness (QED) is 0.871. The fourth-order valence-corrected chi connectivity index (χ4v) is 4.29. The number of benzene rings is 2. The maximum absolute atomic E-state index is 12.2. The topological polar surface area (TPSA) is 54.5 Å². The van der Waals surface area contributed by atoms with Crippen LogP contribution in [0.1, 0.15) is 11.1 Å². The third-order valence-corrected chi connectivity index (χ3v) is 5.45. The van der Waals surface area contributed by atoms with Crippen LogP contribution in [0.4, 0.5) is 4.79 Å². The summed E-state index contributed by atoms with van der Waals surface area (Å²) in [6.07, 6.45) is 0.554. The van der Waals surface area contributed by atoms with Crippen molar-refractivity contribution in [2.75, 3.05) is 5.75 Å². The molecule has 0 saturated carbocycles. The maximum atomic E-state index is 12.2. The lowest BCUT2D eigenvalue weighted by molar-refractivity contribution is 0.206. The molecule has 0 bridgehead atoms. The minimum absolute atomic E-state index is 0.104. The molecule has 3 rings (SSSR count). The van der Waals surface area contributed by atoms with Gasteiger partial charge in [-0.15, -0.1) is 0 Å². The van der Waals surface area contributed by atoms with Gasteiger partial charge in [-0.25, -0.2) is 8.42 Å². The summed E-state index contributed by atoms with van der Waals surface area (Å²) in [5.41, 5.74) is 1.97. The molecule has 22 heavy (non-hydrogen) atoms. The summed E-state index contributed by atoms with van der Waals surface area (Å²) in [6, 6.07) is 18.8. The molecule has 0 N–H and O–H groups in total. The van der Waals surface area contributed by atoms with Crippen LogP contribution >= 0.6 is 0 Å².